The van der Waals surface area contributed by atoms with Crippen LogP contribution in [0, 0.1) is 5.82 Å². The molecule has 2 fully saturated rings. The predicted molar refractivity (Wildman–Crippen MR) is 111 cm³/mol. The van der Waals surface area contributed by atoms with Crippen LogP contribution in [0.2, 0.25) is 0 Å². The Morgan fingerprint density at radius 2 is 1.86 bits per heavy atom. The third-order valence-electron chi connectivity index (χ3n) is 5.36. The molecule has 29 heavy (non-hydrogen) atoms. The summed E-state index contributed by atoms with van der Waals surface area (Å²) in [4.78, 5) is 28.7. The minimum absolute atomic E-state index is 0.00442. The molecule has 0 radical (unpaired) electrons. The van der Waals surface area contributed by atoms with Gasteiger partial charge in [-0.05, 0) is 50.1 Å². The zero-order valence-corrected chi connectivity index (χ0v) is 16.4. The number of carbonyl (C=O) groups excluding carboxylic acids is 2. The number of anilines is 2. The van der Waals surface area contributed by atoms with Gasteiger partial charge in [0, 0.05) is 43.0 Å². The van der Waals surface area contributed by atoms with Crippen molar-refractivity contribution in [2.24, 2.45) is 0 Å². The first-order valence-corrected chi connectivity index (χ1v) is 9.99. The van der Waals surface area contributed by atoms with Gasteiger partial charge in [0.15, 0.2) is 0 Å². The molecule has 1 heterocycles. The van der Waals surface area contributed by atoms with Crippen molar-refractivity contribution in [3.8, 4) is 0 Å². The van der Waals surface area contributed by atoms with Gasteiger partial charge in [0.25, 0.3) is 5.91 Å². The van der Waals surface area contributed by atoms with Crippen molar-refractivity contribution in [2.45, 2.75) is 31.8 Å². The molecule has 0 spiro atoms. The first kappa shape index (κ1) is 19.2. The van der Waals surface area contributed by atoms with E-state index in [0.717, 1.165) is 12.8 Å². The highest BCUT2D eigenvalue weighted by molar-refractivity contribution is 5.97. The van der Waals surface area contributed by atoms with Gasteiger partial charge in [-0.25, -0.2) is 9.18 Å². The topological polar surface area (TPSA) is 64.7 Å². The number of carbonyl (C=O) groups is 2. The van der Waals surface area contributed by atoms with Gasteiger partial charge in [0.2, 0.25) is 0 Å². The summed E-state index contributed by atoms with van der Waals surface area (Å²) in [6, 6.07) is 13.7. The second-order valence-corrected chi connectivity index (χ2v) is 7.70. The van der Waals surface area contributed by atoms with E-state index in [-0.39, 0.29) is 29.8 Å². The van der Waals surface area contributed by atoms with E-state index in [1.807, 2.05) is 17.9 Å². The number of nitrogens with zero attached hydrogens (tertiary/aromatic N) is 2. The van der Waals surface area contributed by atoms with Gasteiger partial charge in [-0.2, -0.15) is 0 Å². The number of amides is 3. The van der Waals surface area contributed by atoms with Crippen LogP contribution >= 0.6 is 0 Å². The monoisotopic (exact) mass is 396 g/mol. The van der Waals surface area contributed by atoms with Crippen molar-refractivity contribution in [3.63, 3.8) is 0 Å². The summed E-state index contributed by atoms with van der Waals surface area (Å²) in [5, 5.41) is 5.65. The number of urea groups is 1. The molecule has 1 unspecified atom stereocenters. The summed E-state index contributed by atoms with van der Waals surface area (Å²) in [5.41, 5.74) is 1.69. The standard InChI is InChI=1S/C22H25FN4O2/c1-15-14-26(11-12-27(15)20-8-3-2-7-19(20)23)21(28)16-5-4-6-18(13-16)25-22(29)24-17-9-10-17/h2-8,13,15,17H,9-12,14H2,1H3,(H2,24,25,29). The average molecular weight is 396 g/mol. The Hall–Kier alpha value is -3.09. The molecule has 3 amide bonds. The lowest BCUT2D eigenvalue weighted by atomic mass is 10.1. The maximum absolute atomic E-state index is 14.1. The lowest BCUT2D eigenvalue weighted by Crippen LogP contribution is -2.54. The van der Waals surface area contributed by atoms with E-state index in [1.54, 1.807) is 41.3 Å². The van der Waals surface area contributed by atoms with Crippen LogP contribution in [0.5, 0.6) is 0 Å². The van der Waals surface area contributed by atoms with Crippen LogP contribution < -0.4 is 15.5 Å². The van der Waals surface area contributed by atoms with Gasteiger partial charge in [0.1, 0.15) is 5.82 Å². The Bertz CT molecular complexity index is 915. The van der Waals surface area contributed by atoms with E-state index in [1.165, 1.54) is 6.07 Å². The van der Waals surface area contributed by atoms with Gasteiger partial charge in [-0.15, -0.1) is 0 Å². The van der Waals surface area contributed by atoms with Crippen LogP contribution in [0.1, 0.15) is 30.1 Å². The minimum atomic E-state index is -0.248. The number of nitrogens with one attached hydrogen (secondary N) is 2. The largest absolute Gasteiger partial charge is 0.363 e. The molecule has 1 aliphatic heterocycles. The van der Waals surface area contributed by atoms with E-state index in [4.69, 9.17) is 0 Å². The summed E-state index contributed by atoms with van der Waals surface area (Å²) in [6.07, 6.45) is 2.03. The van der Waals surface area contributed by atoms with Crippen molar-refractivity contribution in [1.82, 2.24) is 10.2 Å². The van der Waals surface area contributed by atoms with Gasteiger partial charge >= 0.3 is 6.03 Å². The van der Waals surface area contributed by atoms with Crippen molar-refractivity contribution in [2.75, 3.05) is 29.9 Å². The van der Waals surface area contributed by atoms with Gasteiger partial charge in [-0.3, -0.25) is 4.79 Å². The summed E-state index contributed by atoms with van der Waals surface area (Å²) >= 11 is 0. The van der Waals surface area contributed by atoms with E-state index in [0.29, 0.717) is 36.6 Å². The Balaban J connectivity index is 1.40. The Morgan fingerprint density at radius 1 is 1.07 bits per heavy atom. The molecule has 1 aliphatic carbocycles. The lowest BCUT2D eigenvalue weighted by molar-refractivity contribution is 0.0726. The third kappa shape index (κ3) is 4.50. The number of hydrogen-bond acceptors (Lipinski definition) is 3. The molecule has 152 valence electrons. The third-order valence-corrected chi connectivity index (χ3v) is 5.36. The van der Waals surface area contributed by atoms with Gasteiger partial charge in [-0.1, -0.05) is 18.2 Å². The van der Waals surface area contributed by atoms with E-state index in [2.05, 4.69) is 10.6 Å². The molecule has 7 heteroatoms. The van der Waals surface area contributed by atoms with E-state index in [9.17, 15) is 14.0 Å². The Morgan fingerprint density at radius 3 is 2.59 bits per heavy atom. The number of piperazine rings is 1. The SMILES string of the molecule is CC1CN(C(=O)c2cccc(NC(=O)NC3CC3)c2)CCN1c1ccccc1F. The minimum Gasteiger partial charge on any atom is -0.363 e. The number of halogens is 1. The quantitative estimate of drug-likeness (QED) is 0.832. The number of benzene rings is 2. The number of rotatable bonds is 4. The zero-order valence-electron chi connectivity index (χ0n) is 16.4. The summed E-state index contributed by atoms with van der Waals surface area (Å²) in [7, 11) is 0. The molecule has 1 saturated carbocycles. The second kappa shape index (κ2) is 8.11. The molecule has 6 nitrogen and oxygen atoms in total. The smallest absolute Gasteiger partial charge is 0.319 e. The molecule has 4 rings (SSSR count). The lowest BCUT2D eigenvalue weighted by Gasteiger charge is -2.41. The normalized spacial score (nSPS) is 19.0. The highest BCUT2D eigenvalue weighted by atomic mass is 19.1. The Labute approximate surface area is 169 Å². The fraction of sp³-hybridized carbons (Fsp3) is 0.364. The van der Waals surface area contributed by atoms with Crippen LogP contribution in [0.15, 0.2) is 48.5 Å². The first-order chi connectivity index (χ1) is 14.0. The summed E-state index contributed by atoms with van der Waals surface area (Å²) in [5.74, 6) is -0.335. The Kier molecular flexibility index (Phi) is 5.38. The molecular formula is C22H25FN4O2. The van der Waals surface area contributed by atoms with Crippen LogP contribution in [0.3, 0.4) is 0 Å². The second-order valence-electron chi connectivity index (χ2n) is 7.70. The number of para-hydroxylation sites is 1. The highest BCUT2D eigenvalue weighted by Gasteiger charge is 2.29. The first-order valence-electron chi connectivity index (χ1n) is 9.99. The molecule has 2 aliphatic rings. The average Bonchev–Trinajstić information content (AvgIpc) is 3.52. The van der Waals surface area contributed by atoms with Crippen molar-refractivity contribution < 1.29 is 14.0 Å². The van der Waals surface area contributed by atoms with Crippen LogP contribution in [0.25, 0.3) is 0 Å². The molecule has 2 N–H and O–H groups in total. The molecule has 1 saturated heterocycles. The molecule has 2 aromatic carbocycles. The maximum Gasteiger partial charge on any atom is 0.319 e. The fourth-order valence-corrected chi connectivity index (χ4v) is 3.68. The molecule has 0 aromatic heterocycles. The van der Waals surface area contributed by atoms with Crippen LogP contribution in [-0.4, -0.2) is 48.6 Å². The summed E-state index contributed by atoms with van der Waals surface area (Å²) < 4.78 is 14.1. The van der Waals surface area contributed by atoms with Crippen LogP contribution in [-0.2, 0) is 0 Å². The molecule has 2 aromatic rings. The van der Waals surface area contributed by atoms with Crippen molar-refractivity contribution >= 4 is 23.3 Å². The predicted octanol–water partition coefficient (Wildman–Crippen LogP) is 3.46. The van der Waals surface area contributed by atoms with Gasteiger partial charge < -0.3 is 20.4 Å². The molecular weight excluding hydrogens is 371 g/mol. The fourth-order valence-electron chi connectivity index (χ4n) is 3.68. The highest BCUT2D eigenvalue weighted by Crippen LogP contribution is 2.25. The summed E-state index contributed by atoms with van der Waals surface area (Å²) in [6.45, 7) is 3.58. The zero-order chi connectivity index (χ0) is 20.4. The van der Waals surface area contributed by atoms with E-state index >= 15 is 0 Å². The number of hydrogen-bond donors (Lipinski definition) is 2. The van der Waals surface area contributed by atoms with Crippen LogP contribution in [0.4, 0.5) is 20.6 Å². The maximum atomic E-state index is 14.1. The molecule has 0 bridgehead atoms. The van der Waals surface area contributed by atoms with Crippen molar-refractivity contribution in [1.29, 1.82) is 0 Å². The van der Waals surface area contributed by atoms with Crippen molar-refractivity contribution in [3.05, 3.63) is 59.9 Å². The van der Waals surface area contributed by atoms with Gasteiger partial charge in [0.05, 0.1) is 5.69 Å². The molecule has 1 atom stereocenters. The van der Waals surface area contributed by atoms with E-state index < -0.39 is 0 Å².